The standard InChI is InChI=1S/C22H31NO4S/c1-3-4-5-6-7-21(24)19-13-10-17-14-20(19)22(25)23(15-17)28(26,27)18-11-8-16(2)9-12-18/h8-9,11-12,17,19-20H,3-7,10,13-15H2,1-2H3/t17-,19+,20-/m0/s1. The second kappa shape index (κ2) is 8.76. The third kappa shape index (κ3) is 4.32. The van der Waals surface area contributed by atoms with Crippen molar-refractivity contribution >= 4 is 21.7 Å². The van der Waals surface area contributed by atoms with Crippen LogP contribution in [0.3, 0.4) is 0 Å². The van der Waals surface area contributed by atoms with Crippen LogP contribution in [0.4, 0.5) is 0 Å². The maximum absolute atomic E-state index is 13.1. The Morgan fingerprint density at radius 1 is 1.11 bits per heavy atom. The summed E-state index contributed by atoms with van der Waals surface area (Å²) < 4.78 is 27.2. The summed E-state index contributed by atoms with van der Waals surface area (Å²) in [5.41, 5.74) is 0.967. The van der Waals surface area contributed by atoms with Crippen LogP contribution in [-0.4, -0.2) is 31.0 Å². The SMILES string of the molecule is CCCCCCC(=O)[C@@H]1CC[C@H]2C[C@@H]1C(=O)N(S(=O)(=O)c1ccc(C)cc1)C2. The molecule has 3 rings (SSSR count). The van der Waals surface area contributed by atoms with E-state index >= 15 is 0 Å². The number of Topliss-reactive ketones (excluding diaryl/α,β-unsaturated/α-hetero) is 1. The number of hydrogen-bond acceptors (Lipinski definition) is 4. The van der Waals surface area contributed by atoms with Crippen LogP contribution in [0.15, 0.2) is 29.2 Å². The first-order chi connectivity index (χ1) is 13.3. The van der Waals surface area contributed by atoms with Gasteiger partial charge in [-0.3, -0.25) is 9.59 Å². The summed E-state index contributed by atoms with van der Waals surface area (Å²) in [6, 6.07) is 6.59. The van der Waals surface area contributed by atoms with Gasteiger partial charge in [-0.1, -0.05) is 43.9 Å². The fraction of sp³-hybridized carbons (Fsp3) is 0.636. The maximum atomic E-state index is 13.1. The van der Waals surface area contributed by atoms with Crippen molar-refractivity contribution < 1.29 is 18.0 Å². The number of nitrogens with zero attached hydrogens (tertiary/aromatic N) is 1. The fourth-order valence-corrected chi connectivity index (χ4v) is 6.07. The van der Waals surface area contributed by atoms with Gasteiger partial charge >= 0.3 is 0 Å². The highest BCUT2D eigenvalue weighted by molar-refractivity contribution is 7.89. The van der Waals surface area contributed by atoms with Gasteiger partial charge in [-0.15, -0.1) is 0 Å². The van der Waals surface area contributed by atoms with E-state index < -0.39 is 15.9 Å². The van der Waals surface area contributed by atoms with E-state index in [1.54, 1.807) is 24.3 Å². The molecule has 1 heterocycles. The number of amides is 1. The van der Waals surface area contributed by atoms with Crippen molar-refractivity contribution in [2.45, 2.75) is 70.1 Å². The molecule has 0 unspecified atom stereocenters. The number of piperidine rings is 1. The third-order valence-electron chi connectivity index (χ3n) is 6.25. The first kappa shape index (κ1) is 21.0. The predicted molar refractivity (Wildman–Crippen MR) is 108 cm³/mol. The van der Waals surface area contributed by atoms with Gasteiger partial charge in [0.15, 0.2) is 0 Å². The van der Waals surface area contributed by atoms with Gasteiger partial charge in [0.1, 0.15) is 5.78 Å². The highest BCUT2D eigenvalue weighted by atomic mass is 32.2. The lowest BCUT2D eigenvalue weighted by molar-refractivity contribution is -0.144. The molecule has 3 atom stereocenters. The largest absolute Gasteiger partial charge is 0.299 e. The molecule has 154 valence electrons. The molecule has 0 radical (unpaired) electrons. The zero-order valence-electron chi connectivity index (χ0n) is 16.9. The van der Waals surface area contributed by atoms with Gasteiger partial charge in [-0.2, -0.15) is 0 Å². The van der Waals surface area contributed by atoms with E-state index in [2.05, 4.69) is 6.92 Å². The molecular weight excluding hydrogens is 374 g/mol. The highest BCUT2D eigenvalue weighted by Gasteiger charge is 2.48. The average Bonchev–Trinajstić information content (AvgIpc) is 2.68. The number of benzene rings is 1. The Morgan fingerprint density at radius 3 is 2.50 bits per heavy atom. The van der Waals surface area contributed by atoms with Crippen molar-refractivity contribution in [2.24, 2.45) is 17.8 Å². The molecule has 6 heteroatoms. The molecule has 0 spiro atoms. The summed E-state index contributed by atoms with van der Waals surface area (Å²) in [7, 11) is -3.87. The van der Waals surface area contributed by atoms with Crippen LogP contribution < -0.4 is 0 Å². The number of aryl methyl sites for hydroxylation is 1. The van der Waals surface area contributed by atoms with Crippen LogP contribution in [0.2, 0.25) is 0 Å². The molecule has 1 amide bonds. The van der Waals surface area contributed by atoms with Crippen LogP contribution in [0.25, 0.3) is 0 Å². The number of fused-ring (bicyclic) bond motifs is 2. The summed E-state index contributed by atoms with van der Waals surface area (Å²) in [5.74, 6) is -0.884. The molecule has 5 nitrogen and oxygen atoms in total. The Labute approximate surface area is 168 Å². The van der Waals surface area contributed by atoms with E-state index in [9.17, 15) is 18.0 Å². The number of hydrogen-bond donors (Lipinski definition) is 0. The zero-order valence-corrected chi connectivity index (χ0v) is 17.7. The van der Waals surface area contributed by atoms with Gasteiger partial charge in [0.05, 0.1) is 4.90 Å². The number of unbranched alkanes of at least 4 members (excludes halogenated alkanes) is 3. The number of sulfonamides is 1. The second-order valence-electron chi connectivity index (χ2n) is 8.36. The van der Waals surface area contributed by atoms with Crippen LogP contribution in [0.1, 0.15) is 63.9 Å². The van der Waals surface area contributed by atoms with Gasteiger partial charge in [-0.25, -0.2) is 12.7 Å². The quantitative estimate of drug-likeness (QED) is 0.611. The molecule has 1 aliphatic heterocycles. The van der Waals surface area contributed by atoms with E-state index in [0.717, 1.165) is 42.0 Å². The molecule has 1 saturated carbocycles. The van der Waals surface area contributed by atoms with Crippen LogP contribution in [0, 0.1) is 24.7 Å². The van der Waals surface area contributed by atoms with Crippen molar-refractivity contribution in [3.8, 4) is 0 Å². The van der Waals surface area contributed by atoms with Crippen molar-refractivity contribution in [1.29, 1.82) is 0 Å². The van der Waals surface area contributed by atoms with E-state index in [1.807, 2.05) is 6.92 Å². The van der Waals surface area contributed by atoms with Crippen molar-refractivity contribution in [2.75, 3.05) is 6.54 Å². The molecule has 0 N–H and O–H groups in total. The summed E-state index contributed by atoms with van der Waals surface area (Å²) in [6.45, 7) is 4.26. The van der Waals surface area contributed by atoms with Crippen molar-refractivity contribution in [3.63, 3.8) is 0 Å². The van der Waals surface area contributed by atoms with E-state index in [4.69, 9.17) is 0 Å². The lowest BCUT2D eigenvalue weighted by Crippen LogP contribution is -2.53. The highest BCUT2D eigenvalue weighted by Crippen LogP contribution is 2.42. The minimum atomic E-state index is -3.87. The number of rotatable bonds is 8. The first-order valence-corrected chi connectivity index (χ1v) is 11.9. The minimum Gasteiger partial charge on any atom is -0.299 e. The van der Waals surface area contributed by atoms with Gasteiger partial charge in [-0.05, 0) is 50.7 Å². The minimum absolute atomic E-state index is 0.141. The van der Waals surface area contributed by atoms with Crippen molar-refractivity contribution in [1.82, 2.24) is 4.31 Å². The van der Waals surface area contributed by atoms with Crippen LogP contribution in [-0.2, 0) is 19.6 Å². The molecule has 2 fully saturated rings. The Kier molecular flexibility index (Phi) is 6.58. The zero-order chi connectivity index (χ0) is 20.3. The van der Waals surface area contributed by atoms with Crippen molar-refractivity contribution in [3.05, 3.63) is 29.8 Å². The van der Waals surface area contributed by atoms with Gasteiger partial charge in [0.2, 0.25) is 5.91 Å². The Morgan fingerprint density at radius 2 is 1.82 bits per heavy atom. The first-order valence-electron chi connectivity index (χ1n) is 10.5. The second-order valence-corrected chi connectivity index (χ2v) is 10.2. The van der Waals surface area contributed by atoms with Gasteiger partial charge in [0, 0.05) is 24.8 Å². The van der Waals surface area contributed by atoms with Crippen LogP contribution in [0.5, 0.6) is 0 Å². The molecule has 1 saturated heterocycles. The molecule has 2 bridgehead atoms. The smallest absolute Gasteiger partial charge is 0.266 e. The van der Waals surface area contributed by atoms with Crippen LogP contribution >= 0.6 is 0 Å². The summed E-state index contributed by atoms with van der Waals surface area (Å²) in [5, 5.41) is 0. The average molecular weight is 406 g/mol. The number of ketones is 1. The topological polar surface area (TPSA) is 71.5 Å². The lowest BCUT2D eigenvalue weighted by Gasteiger charge is -2.43. The Bertz CT molecular complexity index is 815. The Hall–Kier alpha value is -1.69. The van der Waals surface area contributed by atoms with E-state index in [-0.39, 0.29) is 35.0 Å². The summed E-state index contributed by atoms with van der Waals surface area (Å²) in [6.07, 6.45) is 6.80. The monoisotopic (exact) mass is 405 g/mol. The third-order valence-corrected chi connectivity index (χ3v) is 8.02. The van der Waals surface area contributed by atoms with E-state index in [1.165, 1.54) is 0 Å². The molecule has 0 aromatic heterocycles. The van der Waals surface area contributed by atoms with E-state index in [0.29, 0.717) is 19.3 Å². The summed E-state index contributed by atoms with van der Waals surface area (Å²) in [4.78, 5) is 26.0. The molecule has 1 aromatic rings. The normalized spacial score (nSPS) is 25.0. The van der Waals surface area contributed by atoms with Gasteiger partial charge < -0.3 is 0 Å². The summed E-state index contributed by atoms with van der Waals surface area (Å²) >= 11 is 0. The predicted octanol–water partition coefficient (Wildman–Crippen LogP) is 4.10. The maximum Gasteiger partial charge on any atom is 0.266 e. The molecule has 1 aliphatic carbocycles. The van der Waals surface area contributed by atoms with Gasteiger partial charge in [0.25, 0.3) is 10.0 Å². The molecule has 2 aliphatic rings. The molecular formula is C22H31NO4S. The lowest BCUT2D eigenvalue weighted by atomic mass is 9.69. The Balaban J connectivity index is 1.76. The molecule has 1 aromatic carbocycles. The molecule has 28 heavy (non-hydrogen) atoms. The fourth-order valence-electron chi connectivity index (χ4n) is 4.56. The number of carbonyl (C=O) groups excluding carboxylic acids is 2. The number of carbonyl (C=O) groups is 2.